The van der Waals surface area contributed by atoms with Gasteiger partial charge in [0.1, 0.15) is 0 Å². The number of anilines is 1. The summed E-state index contributed by atoms with van der Waals surface area (Å²) in [5.74, 6) is -0.365. The second kappa shape index (κ2) is 6.05. The van der Waals surface area contributed by atoms with E-state index in [1.807, 2.05) is 18.2 Å². The summed E-state index contributed by atoms with van der Waals surface area (Å²) in [7, 11) is 4.12. The first-order chi connectivity index (χ1) is 11.0. The third-order valence-corrected chi connectivity index (χ3v) is 4.51. The van der Waals surface area contributed by atoms with Gasteiger partial charge in [0.15, 0.2) is 0 Å². The van der Waals surface area contributed by atoms with Crippen molar-refractivity contribution in [1.82, 2.24) is 4.90 Å². The van der Waals surface area contributed by atoms with Crippen molar-refractivity contribution >= 4 is 17.2 Å². The maximum absolute atomic E-state index is 12.0. The van der Waals surface area contributed by atoms with Crippen LogP contribution in [0.2, 0.25) is 0 Å². The molecule has 0 saturated carbocycles. The maximum atomic E-state index is 12.0. The van der Waals surface area contributed by atoms with Gasteiger partial charge in [0.25, 0.3) is 5.91 Å². The third-order valence-electron chi connectivity index (χ3n) is 4.51. The monoisotopic (exact) mass is 309 g/mol. The molecule has 3 rings (SSSR count). The van der Waals surface area contributed by atoms with Gasteiger partial charge in [0.05, 0.1) is 11.3 Å². The van der Waals surface area contributed by atoms with Crippen LogP contribution in [0.4, 0.5) is 5.69 Å². The molecule has 2 N–H and O–H groups in total. The Labute approximate surface area is 137 Å². The van der Waals surface area contributed by atoms with E-state index in [1.165, 1.54) is 16.7 Å². The maximum Gasteiger partial charge on any atom is 0.250 e. The number of benzene rings is 1. The van der Waals surface area contributed by atoms with Crippen LogP contribution in [0.5, 0.6) is 0 Å². The van der Waals surface area contributed by atoms with E-state index in [0.29, 0.717) is 5.57 Å². The first-order valence-electron chi connectivity index (χ1n) is 7.93. The summed E-state index contributed by atoms with van der Waals surface area (Å²) < 4.78 is 0. The number of carbonyl (C=O) groups is 1. The molecule has 4 heteroatoms. The molecule has 1 aromatic carbocycles. The zero-order chi connectivity index (χ0) is 16.6. The zero-order valence-electron chi connectivity index (χ0n) is 14.0. The molecule has 1 aliphatic carbocycles. The molecule has 0 radical (unpaired) electrons. The number of allylic oxidation sites excluding steroid dienone is 3. The Morgan fingerprint density at radius 3 is 2.74 bits per heavy atom. The van der Waals surface area contributed by atoms with E-state index in [0.717, 1.165) is 30.9 Å². The molecule has 0 aromatic heterocycles. The smallest absolute Gasteiger partial charge is 0.250 e. The number of fused-ring (bicyclic) bond motifs is 2. The van der Waals surface area contributed by atoms with Gasteiger partial charge in [-0.2, -0.15) is 0 Å². The lowest BCUT2D eigenvalue weighted by Gasteiger charge is -2.38. The predicted octanol–water partition coefficient (Wildman–Crippen LogP) is 2.54. The van der Waals surface area contributed by atoms with Crippen molar-refractivity contribution in [2.24, 2.45) is 5.73 Å². The molecule has 23 heavy (non-hydrogen) atoms. The standard InChI is InChI=1S/C19H23N3O/c1-13-14-7-4-5-10-17(14)22(12-11-21(2)3)18-15(13)8-6-9-16(18)19(20)23/h4-7,9-10H,8,11-12H2,1-3H3,(H2,20,23). The topological polar surface area (TPSA) is 49.6 Å². The van der Waals surface area contributed by atoms with E-state index in [2.05, 4.69) is 49.0 Å². The summed E-state index contributed by atoms with van der Waals surface area (Å²) in [6, 6.07) is 8.38. The predicted molar refractivity (Wildman–Crippen MR) is 94.9 cm³/mol. The Hall–Kier alpha value is -2.33. The molecular weight excluding hydrogens is 286 g/mol. The number of nitrogens with two attached hydrogens (primary N) is 1. The number of primary amides is 1. The number of para-hydroxylation sites is 1. The third kappa shape index (κ3) is 2.70. The second-order valence-electron chi connectivity index (χ2n) is 6.31. The molecule has 1 heterocycles. The largest absolute Gasteiger partial charge is 0.366 e. The van der Waals surface area contributed by atoms with E-state index < -0.39 is 0 Å². The van der Waals surface area contributed by atoms with E-state index in [9.17, 15) is 4.79 Å². The minimum atomic E-state index is -0.365. The first-order valence-corrected chi connectivity index (χ1v) is 7.93. The van der Waals surface area contributed by atoms with Gasteiger partial charge in [-0.15, -0.1) is 0 Å². The summed E-state index contributed by atoms with van der Waals surface area (Å²) in [5.41, 5.74) is 12.1. The molecule has 1 aromatic rings. The minimum Gasteiger partial charge on any atom is -0.366 e. The van der Waals surface area contributed by atoms with Gasteiger partial charge in [-0.25, -0.2) is 0 Å². The van der Waals surface area contributed by atoms with Crippen LogP contribution < -0.4 is 10.6 Å². The molecule has 120 valence electrons. The van der Waals surface area contributed by atoms with Gasteiger partial charge in [-0.3, -0.25) is 4.79 Å². The van der Waals surface area contributed by atoms with Crippen LogP contribution in [0.15, 0.2) is 53.3 Å². The van der Waals surface area contributed by atoms with Gasteiger partial charge in [-0.05, 0) is 44.7 Å². The van der Waals surface area contributed by atoms with Crippen molar-refractivity contribution in [2.45, 2.75) is 13.3 Å². The molecule has 4 nitrogen and oxygen atoms in total. The lowest BCUT2D eigenvalue weighted by molar-refractivity contribution is -0.114. The van der Waals surface area contributed by atoms with Crippen LogP contribution in [0, 0.1) is 0 Å². The van der Waals surface area contributed by atoms with Crippen LogP contribution in [-0.2, 0) is 4.79 Å². The van der Waals surface area contributed by atoms with E-state index in [4.69, 9.17) is 5.73 Å². The van der Waals surface area contributed by atoms with Crippen molar-refractivity contribution in [2.75, 3.05) is 32.1 Å². The van der Waals surface area contributed by atoms with Crippen molar-refractivity contribution in [1.29, 1.82) is 0 Å². The summed E-state index contributed by atoms with van der Waals surface area (Å²) >= 11 is 0. The Kier molecular flexibility index (Phi) is 4.09. The summed E-state index contributed by atoms with van der Waals surface area (Å²) in [5, 5.41) is 0. The van der Waals surface area contributed by atoms with Gasteiger partial charge >= 0.3 is 0 Å². The first kappa shape index (κ1) is 15.6. The summed E-state index contributed by atoms with van der Waals surface area (Å²) in [6.45, 7) is 3.86. The molecule has 0 saturated heterocycles. The highest BCUT2D eigenvalue weighted by Gasteiger charge is 2.30. The van der Waals surface area contributed by atoms with Crippen LogP contribution in [0.25, 0.3) is 5.57 Å². The second-order valence-corrected chi connectivity index (χ2v) is 6.31. The van der Waals surface area contributed by atoms with E-state index >= 15 is 0 Å². The normalized spacial score (nSPS) is 16.8. The fourth-order valence-corrected chi connectivity index (χ4v) is 3.31. The molecule has 1 amide bonds. The van der Waals surface area contributed by atoms with Gasteiger partial charge in [0.2, 0.25) is 0 Å². The molecular formula is C19H23N3O. The number of likely N-dealkylation sites (N-methyl/N-ethyl adjacent to an activating group) is 1. The fourth-order valence-electron chi connectivity index (χ4n) is 3.31. The molecule has 0 bridgehead atoms. The highest BCUT2D eigenvalue weighted by atomic mass is 16.1. The van der Waals surface area contributed by atoms with Crippen molar-refractivity contribution in [3.05, 3.63) is 58.8 Å². The van der Waals surface area contributed by atoms with Crippen LogP contribution in [0.1, 0.15) is 18.9 Å². The molecule has 0 atom stereocenters. The summed E-state index contributed by atoms with van der Waals surface area (Å²) in [6.07, 6.45) is 4.73. The zero-order valence-corrected chi connectivity index (χ0v) is 14.0. The number of carbonyl (C=O) groups excluding carboxylic acids is 1. The van der Waals surface area contributed by atoms with Crippen molar-refractivity contribution in [3.8, 4) is 0 Å². The number of hydrogen-bond acceptors (Lipinski definition) is 3. The number of hydrogen-bond donors (Lipinski definition) is 1. The molecule has 0 fully saturated rings. The van der Waals surface area contributed by atoms with Crippen LogP contribution in [-0.4, -0.2) is 38.0 Å². The number of amides is 1. The van der Waals surface area contributed by atoms with Gasteiger partial charge in [0, 0.05) is 24.3 Å². The van der Waals surface area contributed by atoms with Crippen LogP contribution >= 0.6 is 0 Å². The van der Waals surface area contributed by atoms with E-state index in [1.54, 1.807) is 0 Å². The Balaban J connectivity index is 2.21. The highest BCUT2D eigenvalue weighted by molar-refractivity contribution is 6.00. The molecule has 0 unspecified atom stereocenters. The molecule has 1 aliphatic heterocycles. The average Bonchev–Trinajstić information content (AvgIpc) is 2.54. The SMILES string of the molecule is CC1=C2CC=CC(C(N)=O)=C2N(CCN(C)C)c2ccccc21. The lowest BCUT2D eigenvalue weighted by Crippen LogP contribution is -2.37. The Morgan fingerprint density at radius 2 is 2.04 bits per heavy atom. The Bertz CT molecular complexity index is 741. The van der Waals surface area contributed by atoms with Crippen molar-refractivity contribution < 1.29 is 4.79 Å². The minimum absolute atomic E-state index is 0.365. The highest BCUT2D eigenvalue weighted by Crippen LogP contribution is 2.43. The average molecular weight is 309 g/mol. The number of nitrogens with zero attached hydrogens (tertiary/aromatic N) is 2. The fraction of sp³-hybridized carbons (Fsp3) is 0.316. The molecule has 2 aliphatic rings. The summed E-state index contributed by atoms with van der Waals surface area (Å²) in [4.78, 5) is 16.4. The van der Waals surface area contributed by atoms with Crippen LogP contribution in [0.3, 0.4) is 0 Å². The van der Waals surface area contributed by atoms with E-state index in [-0.39, 0.29) is 5.91 Å². The molecule has 0 spiro atoms. The van der Waals surface area contributed by atoms with Gasteiger partial charge in [-0.1, -0.05) is 30.4 Å². The number of rotatable bonds is 4. The Morgan fingerprint density at radius 1 is 1.30 bits per heavy atom. The lowest BCUT2D eigenvalue weighted by atomic mass is 9.85. The van der Waals surface area contributed by atoms with Crippen molar-refractivity contribution in [3.63, 3.8) is 0 Å². The van der Waals surface area contributed by atoms with Gasteiger partial charge < -0.3 is 15.5 Å². The quantitative estimate of drug-likeness (QED) is 0.930.